The van der Waals surface area contributed by atoms with Crippen molar-refractivity contribution in [1.82, 2.24) is 0 Å². The highest BCUT2D eigenvalue weighted by molar-refractivity contribution is 9.10. The van der Waals surface area contributed by atoms with Crippen molar-refractivity contribution >= 4 is 54.8 Å². The summed E-state index contributed by atoms with van der Waals surface area (Å²) in [6, 6.07) is 7.92. The molecule has 0 amide bonds. The predicted molar refractivity (Wildman–Crippen MR) is 81.4 cm³/mol. The monoisotopic (exact) mass is 397 g/mol. The topological polar surface area (TPSA) is 46.2 Å². The Kier molecular flexibility index (Phi) is 4.59. The molecular formula is C12H7BrCl2FNO2S. The molecule has 20 heavy (non-hydrogen) atoms. The number of anilines is 1. The second-order valence-electron chi connectivity index (χ2n) is 3.80. The lowest BCUT2D eigenvalue weighted by Gasteiger charge is -2.10. The van der Waals surface area contributed by atoms with Gasteiger partial charge in [0.25, 0.3) is 10.0 Å². The molecule has 0 saturated heterocycles. The molecule has 0 spiro atoms. The molecule has 0 heterocycles. The normalized spacial score (nSPS) is 11.4. The lowest BCUT2D eigenvalue weighted by atomic mass is 10.3. The minimum Gasteiger partial charge on any atom is -0.278 e. The first-order valence-electron chi connectivity index (χ1n) is 5.22. The molecule has 0 atom stereocenters. The summed E-state index contributed by atoms with van der Waals surface area (Å²) in [5, 5.41) is 0.492. The predicted octanol–water partition coefficient (Wildman–Crippen LogP) is 4.70. The van der Waals surface area contributed by atoms with E-state index in [4.69, 9.17) is 23.2 Å². The van der Waals surface area contributed by atoms with Crippen molar-refractivity contribution < 1.29 is 12.8 Å². The van der Waals surface area contributed by atoms with Crippen LogP contribution in [0.25, 0.3) is 0 Å². The molecule has 2 rings (SSSR count). The maximum Gasteiger partial charge on any atom is 0.264 e. The molecule has 0 aliphatic carbocycles. The van der Waals surface area contributed by atoms with E-state index in [1.807, 2.05) is 0 Å². The zero-order chi connectivity index (χ0) is 14.9. The van der Waals surface area contributed by atoms with Crippen LogP contribution in [-0.2, 0) is 10.0 Å². The van der Waals surface area contributed by atoms with E-state index in [1.165, 1.54) is 24.3 Å². The Morgan fingerprint density at radius 2 is 1.80 bits per heavy atom. The van der Waals surface area contributed by atoms with Gasteiger partial charge < -0.3 is 0 Å². The maximum absolute atomic E-state index is 13.7. The molecule has 0 fully saturated rings. The molecule has 106 valence electrons. The summed E-state index contributed by atoms with van der Waals surface area (Å²) in [5.41, 5.74) is 0.124. The molecule has 0 saturated carbocycles. The van der Waals surface area contributed by atoms with Crippen LogP contribution in [0.1, 0.15) is 0 Å². The van der Waals surface area contributed by atoms with Gasteiger partial charge in [-0.1, -0.05) is 39.1 Å². The van der Waals surface area contributed by atoms with E-state index in [1.54, 1.807) is 0 Å². The highest BCUT2D eigenvalue weighted by Crippen LogP contribution is 2.28. The first-order chi connectivity index (χ1) is 9.29. The van der Waals surface area contributed by atoms with Crippen molar-refractivity contribution in [3.05, 3.63) is 56.7 Å². The third kappa shape index (κ3) is 3.44. The van der Waals surface area contributed by atoms with Crippen molar-refractivity contribution in [2.75, 3.05) is 4.72 Å². The van der Waals surface area contributed by atoms with E-state index in [2.05, 4.69) is 20.7 Å². The van der Waals surface area contributed by atoms with Crippen LogP contribution in [0.15, 0.2) is 45.8 Å². The molecule has 0 aliphatic rings. The van der Waals surface area contributed by atoms with E-state index in [0.29, 0.717) is 9.50 Å². The Hall–Kier alpha value is -0.820. The minimum absolute atomic E-state index is 0.124. The fraction of sp³-hybridized carbons (Fsp3) is 0. The maximum atomic E-state index is 13.7. The summed E-state index contributed by atoms with van der Waals surface area (Å²) in [6.45, 7) is 0. The van der Waals surface area contributed by atoms with Crippen molar-refractivity contribution in [3.63, 3.8) is 0 Å². The van der Waals surface area contributed by atoms with Crippen LogP contribution in [0, 0.1) is 5.82 Å². The third-order valence-corrected chi connectivity index (χ3v) is 4.80. The molecule has 0 radical (unpaired) electrons. The molecular weight excluding hydrogens is 392 g/mol. The number of sulfonamides is 1. The van der Waals surface area contributed by atoms with Crippen LogP contribution in [-0.4, -0.2) is 8.42 Å². The van der Waals surface area contributed by atoms with Gasteiger partial charge >= 0.3 is 0 Å². The molecule has 2 aromatic rings. The van der Waals surface area contributed by atoms with Gasteiger partial charge in [0, 0.05) is 9.50 Å². The first-order valence-corrected chi connectivity index (χ1v) is 8.26. The lowest BCUT2D eigenvalue weighted by molar-refractivity contribution is 0.570. The Labute approximate surface area is 133 Å². The van der Waals surface area contributed by atoms with Gasteiger partial charge in [-0.3, -0.25) is 4.72 Å². The number of halogens is 4. The zero-order valence-corrected chi connectivity index (χ0v) is 13.6. The highest BCUT2D eigenvalue weighted by atomic mass is 79.9. The molecule has 1 N–H and O–H groups in total. The van der Waals surface area contributed by atoms with E-state index >= 15 is 0 Å². The van der Waals surface area contributed by atoms with E-state index in [-0.39, 0.29) is 10.7 Å². The minimum atomic E-state index is -4.07. The Morgan fingerprint density at radius 3 is 2.40 bits per heavy atom. The first kappa shape index (κ1) is 15.6. The molecule has 0 unspecified atom stereocenters. The fourth-order valence-corrected chi connectivity index (χ4v) is 3.45. The Bertz CT molecular complexity index is 768. The van der Waals surface area contributed by atoms with E-state index < -0.39 is 20.7 Å². The smallest absolute Gasteiger partial charge is 0.264 e. The van der Waals surface area contributed by atoms with Crippen molar-refractivity contribution in [3.8, 4) is 0 Å². The molecule has 0 aromatic heterocycles. The Morgan fingerprint density at radius 1 is 1.10 bits per heavy atom. The van der Waals surface area contributed by atoms with Crippen LogP contribution in [0.2, 0.25) is 10.0 Å². The summed E-state index contributed by atoms with van der Waals surface area (Å²) >= 11 is 14.7. The van der Waals surface area contributed by atoms with Crippen molar-refractivity contribution in [2.45, 2.75) is 4.90 Å². The Balaban J connectivity index is 2.41. The van der Waals surface area contributed by atoms with Gasteiger partial charge in [-0.2, -0.15) is 0 Å². The van der Waals surface area contributed by atoms with Crippen molar-refractivity contribution in [2.24, 2.45) is 0 Å². The summed E-state index contributed by atoms with van der Waals surface area (Å²) in [4.78, 5) is -0.466. The second kappa shape index (κ2) is 5.89. The number of rotatable bonds is 3. The van der Waals surface area contributed by atoms with Gasteiger partial charge in [0.1, 0.15) is 10.7 Å². The van der Waals surface area contributed by atoms with Gasteiger partial charge in [0.05, 0.1) is 10.7 Å². The number of benzene rings is 2. The van der Waals surface area contributed by atoms with Crippen LogP contribution in [0.4, 0.5) is 10.1 Å². The number of nitrogens with one attached hydrogen (secondary N) is 1. The molecule has 0 bridgehead atoms. The fourth-order valence-electron chi connectivity index (χ4n) is 1.47. The SMILES string of the molecule is O=S(=O)(Nc1ccc(Cl)cc1Cl)c1ccc(Br)cc1F. The summed E-state index contributed by atoms with van der Waals surface area (Å²) in [5.74, 6) is -0.864. The van der Waals surface area contributed by atoms with Gasteiger partial charge in [0.15, 0.2) is 0 Å². The number of hydrogen-bond acceptors (Lipinski definition) is 2. The van der Waals surface area contributed by atoms with E-state index in [9.17, 15) is 12.8 Å². The van der Waals surface area contributed by atoms with Crippen LogP contribution in [0.5, 0.6) is 0 Å². The zero-order valence-electron chi connectivity index (χ0n) is 9.70. The molecule has 0 aliphatic heterocycles. The quantitative estimate of drug-likeness (QED) is 0.814. The largest absolute Gasteiger partial charge is 0.278 e. The second-order valence-corrected chi connectivity index (χ2v) is 7.21. The lowest BCUT2D eigenvalue weighted by Crippen LogP contribution is -2.14. The van der Waals surface area contributed by atoms with E-state index in [0.717, 1.165) is 12.1 Å². The van der Waals surface area contributed by atoms with Gasteiger partial charge in [0.2, 0.25) is 0 Å². The van der Waals surface area contributed by atoms with Crippen LogP contribution in [0.3, 0.4) is 0 Å². The summed E-state index contributed by atoms with van der Waals surface area (Å²) in [7, 11) is -4.07. The average Bonchev–Trinajstić information content (AvgIpc) is 2.32. The van der Waals surface area contributed by atoms with Gasteiger partial charge in [-0.15, -0.1) is 0 Å². The summed E-state index contributed by atoms with van der Waals surface area (Å²) in [6.07, 6.45) is 0. The highest BCUT2D eigenvalue weighted by Gasteiger charge is 2.20. The summed E-state index contributed by atoms with van der Waals surface area (Å²) < 4.78 is 40.6. The van der Waals surface area contributed by atoms with Gasteiger partial charge in [-0.25, -0.2) is 12.8 Å². The van der Waals surface area contributed by atoms with Crippen LogP contribution >= 0.6 is 39.1 Å². The van der Waals surface area contributed by atoms with Gasteiger partial charge in [-0.05, 0) is 36.4 Å². The standard InChI is InChI=1S/C12H7BrCl2FNO2S/c13-7-1-4-12(10(16)5-7)20(18,19)17-11-3-2-8(14)6-9(11)15/h1-6,17H. The molecule has 3 nitrogen and oxygen atoms in total. The van der Waals surface area contributed by atoms with Crippen LogP contribution < -0.4 is 4.72 Å². The third-order valence-electron chi connectivity index (χ3n) is 2.36. The average molecular weight is 399 g/mol. The molecule has 8 heteroatoms. The molecule has 2 aromatic carbocycles. The number of hydrogen-bond donors (Lipinski definition) is 1. The van der Waals surface area contributed by atoms with Crippen molar-refractivity contribution in [1.29, 1.82) is 0 Å².